The third-order valence-corrected chi connectivity index (χ3v) is 4.64. The van der Waals surface area contributed by atoms with Crippen molar-refractivity contribution >= 4 is 23.2 Å². The van der Waals surface area contributed by atoms with E-state index in [9.17, 15) is 9.59 Å². The highest BCUT2D eigenvalue weighted by Crippen LogP contribution is 2.26. The molecule has 1 atom stereocenters. The molecule has 4 nitrogen and oxygen atoms in total. The Morgan fingerprint density at radius 2 is 1.76 bits per heavy atom. The summed E-state index contributed by atoms with van der Waals surface area (Å²) in [6, 6.07) is 13.9. The lowest BCUT2D eigenvalue weighted by Crippen LogP contribution is -2.28. The number of anilines is 2. The second kappa shape index (κ2) is 7.09. The first-order valence-corrected chi connectivity index (χ1v) is 8.74. The second-order valence-electron chi connectivity index (χ2n) is 6.79. The van der Waals surface area contributed by atoms with Crippen molar-refractivity contribution in [2.75, 3.05) is 16.8 Å². The third kappa shape index (κ3) is 3.90. The molecule has 3 rings (SSSR count). The lowest BCUT2D eigenvalue weighted by atomic mass is 10.1. The number of benzene rings is 2. The van der Waals surface area contributed by atoms with Gasteiger partial charge in [0.05, 0.1) is 5.92 Å². The van der Waals surface area contributed by atoms with Gasteiger partial charge in [0, 0.05) is 24.3 Å². The molecule has 0 saturated carbocycles. The van der Waals surface area contributed by atoms with Crippen LogP contribution in [0.2, 0.25) is 0 Å². The Morgan fingerprint density at radius 3 is 2.36 bits per heavy atom. The molecular weight excluding hydrogens is 312 g/mol. The minimum Gasteiger partial charge on any atom is -0.326 e. The van der Waals surface area contributed by atoms with Gasteiger partial charge in [-0.25, -0.2) is 0 Å². The zero-order valence-corrected chi connectivity index (χ0v) is 15.0. The van der Waals surface area contributed by atoms with Crippen LogP contribution in [0.15, 0.2) is 42.5 Å². The van der Waals surface area contributed by atoms with Gasteiger partial charge in [-0.3, -0.25) is 9.59 Å². The second-order valence-corrected chi connectivity index (χ2v) is 6.79. The summed E-state index contributed by atoms with van der Waals surface area (Å²) in [7, 11) is 0. The van der Waals surface area contributed by atoms with Gasteiger partial charge in [-0.15, -0.1) is 0 Å². The van der Waals surface area contributed by atoms with Crippen LogP contribution < -0.4 is 10.2 Å². The van der Waals surface area contributed by atoms with Gasteiger partial charge in [0.1, 0.15) is 0 Å². The van der Waals surface area contributed by atoms with E-state index >= 15 is 0 Å². The summed E-state index contributed by atoms with van der Waals surface area (Å²) >= 11 is 0. The molecule has 0 radical (unpaired) electrons. The van der Waals surface area contributed by atoms with Crippen molar-refractivity contribution in [2.24, 2.45) is 5.92 Å². The summed E-state index contributed by atoms with van der Waals surface area (Å²) in [5.74, 6) is -0.407. The Labute approximate surface area is 148 Å². The van der Waals surface area contributed by atoms with Gasteiger partial charge in [0.25, 0.3) is 0 Å². The van der Waals surface area contributed by atoms with E-state index in [1.54, 1.807) is 4.90 Å². The highest BCUT2D eigenvalue weighted by Gasteiger charge is 2.35. The van der Waals surface area contributed by atoms with Crippen LogP contribution in [0.3, 0.4) is 0 Å². The van der Waals surface area contributed by atoms with Crippen molar-refractivity contribution in [3.05, 3.63) is 59.2 Å². The van der Waals surface area contributed by atoms with Crippen molar-refractivity contribution in [2.45, 2.75) is 33.6 Å². The first kappa shape index (κ1) is 17.2. The van der Waals surface area contributed by atoms with E-state index in [1.807, 2.05) is 50.2 Å². The number of hydrogen-bond acceptors (Lipinski definition) is 2. The number of nitrogens with one attached hydrogen (secondary N) is 1. The molecule has 4 heteroatoms. The molecule has 1 N–H and O–H groups in total. The third-order valence-electron chi connectivity index (χ3n) is 4.64. The van der Waals surface area contributed by atoms with E-state index in [0.29, 0.717) is 6.54 Å². The Balaban J connectivity index is 1.69. The molecule has 2 aromatic carbocycles. The maximum atomic E-state index is 12.6. The number of rotatable bonds is 4. The minimum absolute atomic E-state index is 0.00446. The summed E-state index contributed by atoms with van der Waals surface area (Å²) in [4.78, 5) is 26.6. The topological polar surface area (TPSA) is 49.4 Å². The van der Waals surface area contributed by atoms with E-state index in [4.69, 9.17) is 0 Å². The molecule has 0 aliphatic carbocycles. The van der Waals surface area contributed by atoms with E-state index in [-0.39, 0.29) is 24.2 Å². The first-order chi connectivity index (χ1) is 12.0. The predicted octanol–water partition coefficient (Wildman–Crippen LogP) is 3.86. The molecular formula is C21H24N2O2. The van der Waals surface area contributed by atoms with Crippen LogP contribution in [0.1, 0.15) is 30.0 Å². The summed E-state index contributed by atoms with van der Waals surface area (Å²) in [5, 5.41) is 2.96. The van der Waals surface area contributed by atoms with Gasteiger partial charge in [0.2, 0.25) is 11.8 Å². The van der Waals surface area contributed by atoms with Gasteiger partial charge in [-0.05, 0) is 61.2 Å². The smallest absolute Gasteiger partial charge is 0.229 e. The quantitative estimate of drug-likeness (QED) is 0.922. The number of amides is 2. The fraction of sp³-hybridized carbons (Fsp3) is 0.333. The number of carbonyl (C=O) groups excluding carboxylic acids is 2. The Hall–Kier alpha value is -2.62. The Kier molecular flexibility index (Phi) is 4.88. The number of carbonyl (C=O) groups is 2. The zero-order chi connectivity index (χ0) is 18.0. The predicted molar refractivity (Wildman–Crippen MR) is 101 cm³/mol. The van der Waals surface area contributed by atoms with Crippen molar-refractivity contribution in [1.82, 2.24) is 0 Å². The van der Waals surface area contributed by atoms with E-state index < -0.39 is 0 Å². The van der Waals surface area contributed by atoms with Crippen LogP contribution in [-0.4, -0.2) is 18.4 Å². The van der Waals surface area contributed by atoms with Gasteiger partial charge in [0.15, 0.2) is 0 Å². The minimum atomic E-state index is -0.320. The molecule has 1 aliphatic rings. The molecule has 1 aliphatic heterocycles. The normalized spacial score (nSPS) is 17.0. The van der Waals surface area contributed by atoms with E-state index in [0.717, 1.165) is 28.9 Å². The summed E-state index contributed by atoms with van der Waals surface area (Å²) < 4.78 is 0. The maximum Gasteiger partial charge on any atom is 0.229 e. The fourth-order valence-electron chi connectivity index (χ4n) is 3.34. The van der Waals surface area contributed by atoms with Crippen LogP contribution in [0.4, 0.5) is 11.4 Å². The van der Waals surface area contributed by atoms with Gasteiger partial charge < -0.3 is 10.2 Å². The molecule has 0 spiro atoms. The molecule has 0 unspecified atom stereocenters. The van der Waals surface area contributed by atoms with E-state index in [1.165, 1.54) is 5.56 Å². The molecule has 1 fully saturated rings. The molecule has 1 heterocycles. The van der Waals surface area contributed by atoms with Gasteiger partial charge in [-0.2, -0.15) is 0 Å². The van der Waals surface area contributed by atoms with Crippen LogP contribution in [-0.2, 0) is 16.0 Å². The number of aryl methyl sites for hydroxylation is 3. The molecule has 0 aromatic heterocycles. The highest BCUT2D eigenvalue weighted by molar-refractivity contribution is 6.03. The first-order valence-electron chi connectivity index (χ1n) is 8.74. The maximum absolute atomic E-state index is 12.6. The Bertz CT molecular complexity index is 776. The van der Waals surface area contributed by atoms with Gasteiger partial charge >= 0.3 is 0 Å². The monoisotopic (exact) mass is 336 g/mol. The summed E-state index contributed by atoms with van der Waals surface area (Å²) in [5.41, 5.74) is 5.11. The number of nitrogens with zero attached hydrogens (tertiary/aromatic N) is 1. The largest absolute Gasteiger partial charge is 0.326 e. The lowest BCUT2D eigenvalue weighted by Gasteiger charge is -2.17. The zero-order valence-electron chi connectivity index (χ0n) is 15.0. The lowest BCUT2D eigenvalue weighted by molar-refractivity contribution is -0.122. The van der Waals surface area contributed by atoms with Crippen LogP contribution >= 0.6 is 0 Å². The average Bonchev–Trinajstić information content (AvgIpc) is 2.96. The number of hydrogen-bond donors (Lipinski definition) is 1. The molecule has 130 valence electrons. The van der Waals surface area contributed by atoms with Crippen LogP contribution in [0.5, 0.6) is 0 Å². The highest BCUT2D eigenvalue weighted by atomic mass is 16.2. The van der Waals surface area contributed by atoms with Gasteiger partial charge in [-0.1, -0.05) is 25.1 Å². The SMILES string of the molecule is CCc1ccc(N2C[C@H](C(=O)Nc3cc(C)cc(C)c3)CC2=O)cc1. The van der Waals surface area contributed by atoms with Crippen molar-refractivity contribution < 1.29 is 9.59 Å². The van der Waals surface area contributed by atoms with E-state index in [2.05, 4.69) is 18.3 Å². The van der Waals surface area contributed by atoms with Crippen molar-refractivity contribution in [3.8, 4) is 0 Å². The Morgan fingerprint density at radius 1 is 1.12 bits per heavy atom. The molecule has 1 saturated heterocycles. The van der Waals surface area contributed by atoms with Crippen molar-refractivity contribution in [1.29, 1.82) is 0 Å². The average molecular weight is 336 g/mol. The summed E-state index contributed by atoms with van der Waals surface area (Å²) in [6.45, 7) is 6.54. The molecule has 2 amide bonds. The van der Waals surface area contributed by atoms with Crippen LogP contribution in [0, 0.1) is 19.8 Å². The van der Waals surface area contributed by atoms with Crippen molar-refractivity contribution in [3.63, 3.8) is 0 Å². The molecule has 0 bridgehead atoms. The fourth-order valence-corrected chi connectivity index (χ4v) is 3.34. The van der Waals surface area contributed by atoms with Crippen LogP contribution in [0.25, 0.3) is 0 Å². The summed E-state index contributed by atoms with van der Waals surface area (Å²) in [6.07, 6.45) is 1.22. The molecule has 25 heavy (non-hydrogen) atoms. The molecule has 2 aromatic rings. The standard InChI is InChI=1S/C21H24N2O2/c1-4-16-5-7-19(8-6-16)23-13-17(12-20(23)24)21(25)22-18-10-14(2)9-15(3)11-18/h5-11,17H,4,12-13H2,1-3H3,(H,22,25)/t17-/m1/s1.